The molecule has 0 aromatic carbocycles. The van der Waals surface area contributed by atoms with Crippen molar-refractivity contribution in [2.75, 3.05) is 39.2 Å². The number of methoxy groups -OCH3 is 1. The van der Waals surface area contributed by atoms with E-state index in [4.69, 9.17) is 9.47 Å². The number of nitrogens with one attached hydrogen (secondary N) is 1. The number of hydrogen-bond acceptors (Lipinski definition) is 4. The number of rotatable bonds is 9. The van der Waals surface area contributed by atoms with Gasteiger partial charge in [0, 0.05) is 32.1 Å². The Morgan fingerprint density at radius 1 is 1.33 bits per heavy atom. The molecule has 0 aromatic rings. The number of aliphatic imine (C=N–C) groups is 1. The number of amidine groups is 1. The number of ether oxygens (including phenoxy) is 2. The maximum atomic E-state index is 5.40. The average molecular weight is 274 g/mol. The summed E-state index contributed by atoms with van der Waals surface area (Å²) >= 11 is 1.84. The zero-order chi connectivity index (χ0) is 13.2. The van der Waals surface area contributed by atoms with Gasteiger partial charge < -0.3 is 14.8 Å². The van der Waals surface area contributed by atoms with E-state index in [9.17, 15) is 0 Å². The first kappa shape index (κ1) is 15.8. The van der Waals surface area contributed by atoms with Crippen LogP contribution in [0.2, 0.25) is 0 Å². The first-order valence-corrected chi connectivity index (χ1v) is 7.73. The van der Waals surface area contributed by atoms with Crippen molar-refractivity contribution in [1.29, 1.82) is 0 Å². The fourth-order valence-electron chi connectivity index (χ4n) is 1.60. The number of thioether (sulfide) groups is 1. The predicted molar refractivity (Wildman–Crippen MR) is 78.5 cm³/mol. The maximum Gasteiger partial charge on any atom is 0.156 e. The van der Waals surface area contributed by atoms with Crippen molar-refractivity contribution in [3.05, 3.63) is 0 Å². The van der Waals surface area contributed by atoms with Crippen LogP contribution in [0.15, 0.2) is 4.99 Å². The van der Waals surface area contributed by atoms with Gasteiger partial charge >= 0.3 is 0 Å². The van der Waals surface area contributed by atoms with Crippen LogP contribution >= 0.6 is 11.8 Å². The highest BCUT2D eigenvalue weighted by molar-refractivity contribution is 8.14. The Bertz CT molecular complexity index is 247. The molecule has 1 unspecified atom stereocenters. The van der Waals surface area contributed by atoms with Gasteiger partial charge in [-0.3, -0.25) is 4.99 Å². The fraction of sp³-hybridized carbons (Fsp3) is 0.923. The lowest BCUT2D eigenvalue weighted by molar-refractivity contribution is 0.0690. The minimum absolute atomic E-state index is 0.589. The van der Waals surface area contributed by atoms with Gasteiger partial charge in [0.25, 0.3) is 0 Å². The van der Waals surface area contributed by atoms with Gasteiger partial charge in [0.05, 0.1) is 13.2 Å². The molecule has 1 rings (SSSR count). The molecule has 5 heteroatoms. The van der Waals surface area contributed by atoms with Gasteiger partial charge in [0.1, 0.15) is 0 Å². The Balaban J connectivity index is 1.97. The smallest absolute Gasteiger partial charge is 0.156 e. The molecule has 1 N–H and O–H groups in total. The monoisotopic (exact) mass is 274 g/mol. The summed E-state index contributed by atoms with van der Waals surface area (Å²) < 4.78 is 10.3. The van der Waals surface area contributed by atoms with Gasteiger partial charge in [-0.15, -0.1) is 0 Å². The first-order chi connectivity index (χ1) is 8.74. The highest BCUT2D eigenvalue weighted by Gasteiger charge is 2.22. The quantitative estimate of drug-likeness (QED) is 0.654. The number of nitrogens with zero attached hydrogens (tertiary/aromatic N) is 1. The standard InChI is InChI=1S/C13H26N2O2S/c1-11(2)12-10-18-13(15-12)14-6-4-5-7-17-9-8-16-3/h11-12H,4-10H2,1-3H3,(H,14,15). The second-order valence-corrected chi connectivity index (χ2v) is 5.81. The summed E-state index contributed by atoms with van der Waals surface area (Å²) in [6.07, 6.45) is 2.16. The van der Waals surface area contributed by atoms with E-state index in [1.165, 1.54) is 0 Å². The molecule has 4 nitrogen and oxygen atoms in total. The summed E-state index contributed by atoms with van der Waals surface area (Å²) in [5.74, 6) is 1.83. The van der Waals surface area contributed by atoms with Crippen LogP contribution in [0.3, 0.4) is 0 Å². The summed E-state index contributed by atoms with van der Waals surface area (Å²) in [5, 5.41) is 4.59. The molecule has 1 atom stereocenters. The Hall–Kier alpha value is -0.260. The lowest BCUT2D eigenvalue weighted by Crippen LogP contribution is -2.31. The molecule has 0 aliphatic carbocycles. The highest BCUT2D eigenvalue weighted by Crippen LogP contribution is 2.18. The second-order valence-electron chi connectivity index (χ2n) is 4.81. The Labute approximate surface area is 115 Å². The van der Waals surface area contributed by atoms with Gasteiger partial charge in [0.2, 0.25) is 0 Å². The molecule has 1 saturated heterocycles. The zero-order valence-electron chi connectivity index (χ0n) is 11.8. The van der Waals surface area contributed by atoms with Gasteiger partial charge in [-0.2, -0.15) is 0 Å². The lowest BCUT2D eigenvalue weighted by Gasteiger charge is -2.13. The summed E-state index contributed by atoms with van der Waals surface area (Å²) in [5.41, 5.74) is 0. The van der Waals surface area contributed by atoms with Gasteiger partial charge in [0.15, 0.2) is 5.17 Å². The normalized spacial score (nSPS) is 21.8. The van der Waals surface area contributed by atoms with Crippen LogP contribution in [0.5, 0.6) is 0 Å². The highest BCUT2D eigenvalue weighted by atomic mass is 32.2. The third-order valence-electron chi connectivity index (χ3n) is 2.90. The number of unbranched alkanes of at least 4 members (excludes halogenated alkanes) is 1. The maximum absolute atomic E-state index is 5.40. The minimum Gasteiger partial charge on any atom is -0.382 e. The van der Waals surface area contributed by atoms with E-state index in [2.05, 4.69) is 24.2 Å². The molecule has 0 saturated carbocycles. The molecular weight excluding hydrogens is 248 g/mol. The Kier molecular flexibility index (Phi) is 8.46. The lowest BCUT2D eigenvalue weighted by atomic mass is 10.1. The van der Waals surface area contributed by atoms with E-state index in [0.29, 0.717) is 25.2 Å². The van der Waals surface area contributed by atoms with Crippen LogP contribution in [0.4, 0.5) is 0 Å². The molecule has 0 spiro atoms. The molecule has 1 aliphatic rings. The molecule has 0 amide bonds. The summed E-state index contributed by atoms with van der Waals surface area (Å²) in [6.45, 7) is 7.58. The van der Waals surface area contributed by atoms with Crippen LogP contribution < -0.4 is 5.32 Å². The molecule has 0 bridgehead atoms. The van der Waals surface area contributed by atoms with Crippen LogP contribution in [-0.4, -0.2) is 50.4 Å². The SMILES string of the molecule is COCCOCCCCN=C1NC(C(C)C)CS1. The van der Waals surface area contributed by atoms with Crippen molar-refractivity contribution in [2.45, 2.75) is 32.7 Å². The largest absolute Gasteiger partial charge is 0.382 e. The van der Waals surface area contributed by atoms with E-state index in [1.54, 1.807) is 7.11 Å². The van der Waals surface area contributed by atoms with Crippen molar-refractivity contribution in [2.24, 2.45) is 10.9 Å². The molecule has 0 aromatic heterocycles. The van der Waals surface area contributed by atoms with Gasteiger partial charge in [-0.05, 0) is 18.8 Å². The first-order valence-electron chi connectivity index (χ1n) is 6.74. The molecule has 0 radical (unpaired) electrons. The van der Waals surface area contributed by atoms with Gasteiger partial charge in [-0.25, -0.2) is 0 Å². The van der Waals surface area contributed by atoms with Crippen molar-refractivity contribution < 1.29 is 9.47 Å². The van der Waals surface area contributed by atoms with Gasteiger partial charge in [-0.1, -0.05) is 25.6 Å². The molecule has 18 heavy (non-hydrogen) atoms. The summed E-state index contributed by atoms with van der Waals surface area (Å²) in [4.78, 5) is 4.58. The second kappa shape index (κ2) is 9.64. The molecular formula is C13H26N2O2S. The van der Waals surface area contributed by atoms with Crippen molar-refractivity contribution >= 4 is 16.9 Å². The topological polar surface area (TPSA) is 42.9 Å². The van der Waals surface area contributed by atoms with Crippen LogP contribution in [0, 0.1) is 5.92 Å². The fourth-order valence-corrected chi connectivity index (χ4v) is 2.82. The third-order valence-corrected chi connectivity index (χ3v) is 3.94. The third kappa shape index (κ3) is 6.61. The van der Waals surface area contributed by atoms with E-state index in [1.807, 2.05) is 11.8 Å². The summed E-state index contributed by atoms with van der Waals surface area (Å²) in [6, 6.07) is 0.589. The van der Waals surface area contributed by atoms with Crippen LogP contribution in [0.1, 0.15) is 26.7 Å². The van der Waals surface area contributed by atoms with Crippen LogP contribution in [0.25, 0.3) is 0 Å². The Morgan fingerprint density at radius 3 is 2.83 bits per heavy atom. The van der Waals surface area contributed by atoms with Crippen molar-refractivity contribution in [3.63, 3.8) is 0 Å². The molecule has 1 aliphatic heterocycles. The van der Waals surface area contributed by atoms with Crippen molar-refractivity contribution in [3.8, 4) is 0 Å². The van der Waals surface area contributed by atoms with E-state index >= 15 is 0 Å². The molecule has 1 heterocycles. The average Bonchev–Trinajstić information content (AvgIpc) is 2.81. The Morgan fingerprint density at radius 2 is 2.17 bits per heavy atom. The van der Waals surface area contributed by atoms with E-state index in [-0.39, 0.29) is 0 Å². The van der Waals surface area contributed by atoms with E-state index < -0.39 is 0 Å². The van der Waals surface area contributed by atoms with Crippen LogP contribution in [-0.2, 0) is 9.47 Å². The minimum atomic E-state index is 0.589. The number of hydrogen-bond donors (Lipinski definition) is 1. The molecule has 1 fully saturated rings. The predicted octanol–water partition coefficient (Wildman–Crippen LogP) is 2.15. The zero-order valence-corrected chi connectivity index (χ0v) is 12.6. The van der Waals surface area contributed by atoms with E-state index in [0.717, 1.165) is 36.9 Å². The summed E-state index contributed by atoms with van der Waals surface area (Å²) in [7, 11) is 1.69. The molecule has 106 valence electrons. The van der Waals surface area contributed by atoms with Crippen molar-refractivity contribution in [1.82, 2.24) is 5.32 Å².